The lowest BCUT2D eigenvalue weighted by Crippen LogP contribution is -2.02. The van der Waals surface area contributed by atoms with Crippen LogP contribution in [0.2, 0.25) is 5.28 Å². The summed E-state index contributed by atoms with van der Waals surface area (Å²) < 4.78 is 0. The van der Waals surface area contributed by atoms with Crippen LogP contribution >= 0.6 is 11.6 Å². The van der Waals surface area contributed by atoms with E-state index in [1.54, 1.807) is 6.20 Å². The first-order valence-electron chi connectivity index (χ1n) is 6.54. The monoisotopic (exact) mass is 299 g/mol. The number of hydrogen-bond donors (Lipinski definition) is 2. The zero-order chi connectivity index (χ0) is 14.7. The molecule has 106 valence electrons. The van der Waals surface area contributed by atoms with Crippen LogP contribution in [0.3, 0.4) is 0 Å². The van der Waals surface area contributed by atoms with Gasteiger partial charge in [-0.3, -0.25) is 5.10 Å². The fourth-order valence-electron chi connectivity index (χ4n) is 2.03. The molecule has 0 unspecified atom stereocenters. The number of H-pyrrole nitrogens is 1. The summed E-state index contributed by atoms with van der Waals surface area (Å²) in [6.45, 7) is 2.56. The van der Waals surface area contributed by atoms with Crippen molar-refractivity contribution < 1.29 is 0 Å². The maximum Gasteiger partial charge on any atom is 0.224 e. The van der Waals surface area contributed by atoms with Crippen molar-refractivity contribution in [1.29, 1.82) is 0 Å². The number of halogens is 1. The average molecular weight is 300 g/mol. The molecule has 2 aromatic heterocycles. The van der Waals surface area contributed by atoms with Gasteiger partial charge in [-0.25, -0.2) is 9.97 Å². The van der Waals surface area contributed by atoms with Gasteiger partial charge in [0, 0.05) is 24.5 Å². The number of aryl methyl sites for hydroxylation is 1. The van der Waals surface area contributed by atoms with E-state index in [9.17, 15) is 0 Å². The summed E-state index contributed by atoms with van der Waals surface area (Å²) in [5.41, 5.74) is 4.11. The standard InChI is InChI=1S/C15H14ClN5/c1-10-8-14(20-15(16)19-10)17-9-11-2-4-12(5-3-11)13-6-7-18-21-13/h2-8H,9H2,1H3,(H,18,21)(H,17,19,20). The molecule has 0 saturated heterocycles. The number of nitrogens with zero attached hydrogens (tertiary/aromatic N) is 3. The first kappa shape index (κ1) is 13.6. The lowest BCUT2D eigenvalue weighted by Gasteiger charge is -2.07. The first-order valence-corrected chi connectivity index (χ1v) is 6.92. The minimum atomic E-state index is 0.257. The van der Waals surface area contributed by atoms with Crippen molar-refractivity contribution in [3.8, 4) is 11.3 Å². The minimum Gasteiger partial charge on any atom is -0.366 e. The fourth-order valence-corrected chi connectivity index (χ4v) is 2.26. The molecule has 0 fully saturated rings. The molecule has 5 nitrogen and oxygen atoms in total. The summed E-state index contributed by atoms with van der Waals surface area (Å²) in [7, 11) is 0. The van der Waals surface area contributed by atoms with Gasteiger partial charge in [-0.05, 0) is 35.7 Å². The van der Waals surface area contributed by atoms with Crippen molar-refractivity contribution >= 4 is 17.4 Å². The molecule has 6 heteroatoms. The van der Waals surface area contributed by atoms with Crippen molar-refractivity contribution in [2.45, 2.75) is 13.5 Å². The normalized spacial score (nSPS) is 10.6. The average Bonchev–Trinajstić information content (AvgIpc) is 2.99. The third kappa shape index (κ3) is 3.38. The third-order valence-electron chi connectivity index (χ3n) is 3.07. The minimum absolute atomic E-state index is 0.257. The molecule has 3 aromatic rings. The summed E-state index contributed by atoms with van der Waals surface area (Å²) >= 11 is 5.84. The number of nitrogens with one attached hydrogen (secondary N) is 2. The molecule has 0 radical (unpaired) electrons. The van der Waals surface area contributed by atoms with Crippen LogP contribution in [0.5, 0.6) is 0 Å². The van der Waals surface area contributed by atoms with E-state index in [2.05, 4.69) is 49.7 Å². The van der Waals surface area contributed by atoms with Gasteiger partial charge in [0.1, 0.15) is 5.82 Å². The maximum atomic E-state index is 5.84. The molecule has 2 N–H and O–H groups in total. The van der Waals surface area contributed by atoms with E-state index in [1.165, 1.54) is 0 Å². The van der Waals surface area contributed by atoms with Crippen LogP contribution in [0.15, 0.2) is 42.6 Å². The molecule has 0 aliphatic rings. The zero-order valence-electron chi connectivity index (χ0n) is 11.5. The van der Waals surface area contributed by atoms with Gasteiger partial charge >= 0.3 is 0 Å². The molecule has 0 aliphatic carbocycles. The Kier molecular flexibility index (Phi) is 3.83. The van der Waals surface area contributed by atoms with Crippen LogP contribution in [0.4, 0.5) is 5.82 Å². The Bertz CT molecular complexity index is 702. The number of aromatic amines is 1. The van der Waals surface area contributed by atoms with Gasteiger partial charge in [0.2, 0.25) is 5.28 Å². The number of rotatable bonds is 4. The van der Waals surface area contributed by atoms with E-state index in [-0.39, 0.29) is 5.28 Å². The molecule has 0 spiro atoms. The van der Waals surface area contributed by atoms with Gasteiger partial charge in [-0.15, -0.1) is 0 Å². The largest absolute Gasteiger partial charge is 0.366 e. The quantitative estimate of drug-likeness (QED) is 0.724. The van der Waals surface area contributed by atoms with Crippen LogP contribution in [-0.2, 0) is 6.54 Å². The van der Waals surface area contributed by atoms with E-state index < -0.39 is 0 Å². The molecule has 0 atom stereocenters. The Labute approximate surface area is 127 Å². The molecular formula is C15H14ClN5. The topological polar surface area (TPSA) is 66.5 Å². The number of hydrogen-bond acceptors (Lipinski definition) is 4. The Morgan fingerprint density at radius 3 is 2.62 bits per heavy atom. The van der Waals surface area contributed by atoms with Gasteiger partial charge in [0.15, 0.2) is 0 Å². The number of aromatic nitrogens is 4. The van der Waals surface area contributed by atoms with E-state index in [1.807, 2.05) is 19.1 Å². The molecule has 3 rings (SSSR count). The lowest BCUT2D eigenvalue weighted by molar-refractivity contribution is 1.05. The SMILES string of the molecule is Cc1cc(NCc2ccc(-c3ccn[nH]3)cc2)nc(Cl)n1. The summed E-state index contributed by atoms with van der Waals surface area (Å²) in [5.74, 6) is 0.727. The third-order valence-corrected chi connectivity index (χ3v) is 3.24. The van der Waals surface area contributed by atoms with Crippen molar-refractivity contribution in [3.05, 3.63) is 59.1 Å². The van der Waals surface area contributed by atoms with Gasteiger partial charge in [0.25, 0.3) is 0 Å². The highest BCUT2D eigenvalue weighted by molar-refractivity contribution is 6.28. The van der Waals surface area contributed by atoms with Crippen molar-refractivity contribution in [1.82, 2.24) is 20.2 Å². The predicted octanol–water partition coefficient (Wildman–Crippen LogP) is 3.44. The van der Waals surface area contributed by atoms with Crippen molar-refractivity contribution in [2.75, 3.05) is 5.32 Å². The molecule has 0 aliphatic heterocycles. The number of anilines is 1. The van der Waals surface area contributed by atoms with Crippen LogP contribution in [-0.4, -0.2) is 20.2 Å². The molecule has 21 heavy (non-hydrogen) atoms. The van der Waals surface area contributed by atoms with Crippen molar-refractivity contribution in [2.24, 2.45) is 0 Å². The van der Waals surface area contributed by atoms with Gasteiger partial charge in [0.05, 0.1) is 5.69 Å². The second kappa shape index (κ2) is 5.93. The first-order chi connectivity index (χ1) is 10.2. The van der Waals surface area contributed by atoms with Gasteiger partial charge in [-0.1, -0.05) is 24.3 Å². The molecule has 0 bridgehead atoms. The Hall–Kier alpha value is -2.40. The highest BCUT2D eigenvalue weighted by atomic mass is 35.5. The van der Waals surface area contributed by atoms with E-state index in [4.69, 9.17) is 11.6 Å². The Balaban J connectivity index is 1.68. The highest BCUT2D eigenvalue weighted by Gasteiger charge is 2.01. The summed E-state index contributed by atoms with van der Waals surface area (Å²) in [4.78, 5) is 8.17. The molecular weight excluding hydrogens is 286 g/mol. The summed E-state index contributed by atoms with van der Waals surface area (Å²) in [6.07, 6.45) is 1.74. The summed E-state index contributed by atoms with van der Waals surface area (Å²) in [6, 6.07) is 12.1. The second-order valence-electron chi connectivity index (χ2n) is 4.68. The number of benzene rings is 1. The molecule has 1 aromatic carbocycles. The van der Waals surface area contributed by atoms with Crippen LogP contribution in [0.25, 0.3) is 11.3 Å². The lowest BCUT2D eigenvalue weighted by atomic mass is 10.1. The smallest absolute Gasteiger partial charge is 0.224 e. The fraction of sp³-hybridized carbons (Fsp3) is 0.133. The molecule has 0 saturated carbocycles. The zero-order valence-corrected chi connectivity index (χ0v) is 12.2. The van der Waals surface area contributed by atoms with Crippen LogP contribution in [0, 0.1) is 6.92 Å². The molecule has 0 amide bonds. The highest BCUT2D eigenvalue weighted by Crippen LogP contribution is 2.17. The predicted molar refractivity (Wildman–Crippen MR) is 83.1 cm³/mol. The van der Waals surface area contributed by atoms with Gasteiger partial charge < -0.3 is 5.32 Å². The van der Waals surface area contributed by atoms with E-state index in [0.29, 0.717) is 6.54 Å². The second-order valence-corrected chi connectivity index (χ2v) is 5.02. The van der Waals surface area contributed by atoms with Crippen LogP contribution < -0.4 is 5.32 Å². The molecule has 2 heterocycles. The van der Waals surface area contributed by atoms with Gasteiger partial charge in [-0.2, -0.15) is 5.10 Å². The van der Waals surface area contributed by atoms with E-state index in [0.717, 1.165) is 28.3 Å². The Morgan fingerprint density at radius 2 is 1.95 bits per heavy atom. The van der Waals surface area contributed by atoms with Crippen LogP contribution in [0.1, 0.15) is 11.3 Å². The summed E-state index contributed by atoms with van der Waals surface area (Å²) in [5, 5.41) is 10.4. The van der Waals surface area contributed by atoms with Crippen molar-refractivity contribution in [3.63, 3.8) is 0 Å². The van der Waals surface area contributed by atoms with E-state index >= 15 is 0 Å². The Morgan fingerprint density at radius 1 is 1.14 bits per heavy atom. The maximum absolute atomic E-state index is 5.84.